The average molecular weight is 358 g/mol. The van der Waals surface area contributed by atoms with E-state index in [0.717, 1.165) is 36.8 Å². The van der Waals surface area contributed by atoms with Crippen LogP contribution in [0.5, 0.6) is 23.0 Å². The van der Waals surface area contributed by atoms with Gasteiger partial charge in [-0.2, -0.15) is 0 Å². The molecule has 0 amide bonds. The van der Waals surface area contributed by atoms with E-state index < -0.39 is 0 Å². The lowest BCUT2D eigenvalue weighted by Gasteiger charge is -2.13. The van der Waals surface area contributed by atoms with E-state index in [2.05, 4.69) is 0 Å². The molecule has 0 radical (unpaired) electrons. The van der Waals surface area contributed by atoms with Gasteiger partial charge in [0, 0.05) is 0 Å². The van der Waals surface area contributed by atoms with Crippen LogP contribution in [0.25, 0.3) is 0 Å². The molecule has 2 aromatic rings. The van der Waals surface area contributed by atoms with Crippen LogP contribution in [0.15, 0.2) is 36.4 Å². The Kier molecular flexibility index (Phi) is 7.19. The van der Waals surface area contributed by atoms with Gasteiger partial charge in [-0.15, -0.1) is 0 Å². The van der Waals surface area contributed by atoms with Crippen LogP contribution in [0.1, 0.15) is 51.7 Å². The molecule has 0 spiro atoms. The first kappa shape index (κ1) is 20.0. The summed E-state index contributed by atoms with van der Waals surface area (Å²) in [4.78, 5) is 0. The molecule has 0 heterocycles. The second-order valence-corrected chi connectivity index (χ2v) is 7.14. The van der Waals surface area contributed by atoms with Gasteiger partial charge in [-0.05, 0) is 88.8 Å². The lowest BCUT2D eigenvalue weighted by Crippen LogP contribution is -2.06. The fraction of sp³-hybridized carbons (Fsp3) is 0.455. The van der Waals surface area contributed by atoms with Gasteiger partial charge in [0.2, 0.25) is 0 Å². The van der Waals surface area contributed by atoms with Crippen molar-refractivity contribution in [1.29, 1.82) is 0 Å². The van der Waals surface area contributed by atoms with Gasteiger partial charge in [0.25, 0.3) is 0 Å². The molecule has 0 saturated heterocycles. The van der Waals surface area contributed by atoms with Gasteiger partial charge in [-0.3, -0.25) is 0 Å². The van der Waals surface area contributed by atoms with Crippen molar-refractivity contribution in [2.45, 2.75) is 65.6 Å². The Hall–Kier alpha value is -2.36. The van der Waals surface area contributed by atoms with Crippen molar-refractivity contribution in [2.75, 3.05) is 0 Å². The molecule has 142 valence electrons. The zero-order valence-corrected chi connectivity index (χ0v) is 16.2. The van der Waals surface area contributed by atoms with Crippen molar-refractivity contribution in [3.8, 4) is 23.0 Å². The largest absolute Gasteiger partial charge is 0.504 e. The Morgan fingerprint density at radius 3 is 1.42 bits per heavy atom. The average Bonchev–Trinajstić information content (AvgIpc) is 2.56. The van der Waals surface area contributed by atoms with Gasteiger partial charge < -0.3 is 19.7 Å². The fourth-order valence-electron chi connectivity index (χ4n) is 2.78. The van der Waals surface area contributed by atoms with Crippen LogP contribution in [0, 0.1) is 0 Å². The van der Waals surface area contributed by atoms with Crippen molar-refractivity contribution in [2.24, 2.45) is 0 Å². The Bertz CT molecular complexity index is 646. The monoisotopic (exact) mass is 358 g/mol. The third kappa shape index (κ3) is 6.17. The first-order valence-electron chi connectivity index (χ1n) is 9.32. The first-order valence-corrected chi connectivity index (χ1v) is 9.32. The second kappa shape index (κ2) is 9.37. The lowest BCUT2D eigenvalue weighted by molar-refractivity contribution is 0.231. The molecule has 2 N–H and O–H groups in total. The number of phenolic OH excluding ortho intramolecular Hbond substituents is 2. The molecule has 0 atom stereocenters. The maximum absolute atomic E-state index is 9.86. The van der Waals surface area contributed by atoms with E-state index in [-0.39, 0.29) is 23.7 Å². The molecule has 4 nitrogen and oxygen atoms in total. The molecule has 0 bridgehead atoms. The molecule has 0 aliphatic rings. The van der Waals surface area contributed by atoms with E-state index in [4.69, 9.17) is 9.47 Å². The van der Waals surface area contributed by atoms with E-state index in [1.54, 1.807) is 12.1 Å². The molecule has 0 unspecified atom stereocenters. The molecule has 0 fully saturated rings. The lowest BCUT2D eigenvalue weighted by atomic mass is 10.0. The quantitative estimate of drug-likeness (QED) is 0.602. The molecule has 26 heavy (non-hydrogen) atoms. The molecule has 2 aromatic carbocycles. The van der Waals surface area contributed by atoms with Crippen LogP contribution in [0.3, 0.4) is 0 Å². The minimum absolute atomic E-state index is 0.0351. The highest BCUT2D eigenvalue weighted by atomic mass is 16.5. The summed E-state index contributed by atoms with van der Waals surface area (Å²) in [5.74, 6) is 1.46. The summed E-state index contributed by atoms with van der Waals surface area (Å²) in [5, 5.41) is 19.7. The molecule has 0 aliphatic carbocycles. The summed E-state index contributed by atoms with van der Waals surface area (Å²) >= 11 is 0. The van der Waals surface area contributed by atoms with Crippen molar-refractivity contribution in [3.05, 3.63) is 47.5 Å². The van der Waals surface area contributed by atoms with E-state index in [1.807, 2.05) is 52.0 Å². The van der Waals surface area contributed by atoms with Crippen LogP contribution in [0.2, 0.25) is 0 Å². The normalized spacial score (nSPS) is 11.2. The minimum atomic E-state index is 0.0351. The number of hydrogen-bond acceptors (Lipinski definition) is 4. The number of unbranched alkanes of at least 4 members (excludes halogenated alkanes) is 1. The van der Waals surface area contributed by atoms with Crippen LogP contribution in [0.4, 0.5) is 0 Å². The van der Waals surface area contributed by atoms with Gasteiger partial charge in [0.05, 0.1) is 12.2 Å². The highest BCUT2D eigenvalue weighted by Crippen LogP contribution is 2.30. The molecule has 2 rings (SSSR count). The fourth-order valence-corrected chi connectivity index (χ4v) is 2.78. The highest BCUT2D eigenvalue weighted by molar-refractivity contribution is 5.43. The number of aromatic hydroxyl groups is 2. The van der Waals surface area contributed by atoms with Crippen molar-refractivity contribution < 1.29 is 19.7 Å². The van der Waals surface area contributed by atoms with E-state index in [0.29, 0.717) is 11.5 Å². The Balaban J connectivity index is 1.87. The van der Waals surface area contributed by atoms with Crippen LogP contribution < -0.4 is 9.47 Å². The van der Waals surface area contributed by atoms with Crippen LogP contribution in [-0.4, -0.2) is 22.4 Å². The molecule has 0 aliphatic heterocycles. The third-order valence-electron chi connectivity index (χ3n) is 3.95. The smallest absolute Gasteiger partial charge is 0.161 e. The summed E-state index contributed by atoms with van der Waals surface area (Å²) < 4.78 is 11.3. The summed E-state index contributed by atoms with van der Waals surface area (Å²) in [5.41, 5.74) is 2.32. The summed E-state index contributed by atoms with van der Waals surface area (Å²) in [7, 11) is 0. The van der Waals surface area contributed by atoms with Crippen LogP contribution in [-0.2, 0) is 12.8 Å². The SMILES string of the molecule is CC(C)Oc1cc(CCCCc2ccc(O)c(OC(C)C)c2)ccc1O. The van der Waals surface area contributed by atoms with Crippen molar-refractivity contribution in [3.63, 3.8) is 0 Å². The maximum Gasteiger partial charge on any atom is 0.161 e. The predicted molar refractivity (Wildman–Crippen MR) is 104 cm³/mol. The second-order valence-electron chi connectivity index (χ2n) is 7.14. The number of hydrogen-bond donors (Lipinski definition) is 2. The molecule has 0 saturated carbocycles. The Labute approximate surface area is 156 Å². The number of ether oxygens (including phenoxy) is 2. The maximum atomic E-state index is 9.86. The zero-order chi connectivity index (χ0) is 19.1. The summed E-state index contributed by atoms with van der Waals surface area (Å²) in [6, 6.07) is 11.1. The number of phenols is 2. The van der Waals surface area contributed by atoms with Gasteiger partial charge in [-0.25, -0.2) is 0 Å². The van der Waals surface area contributed by atoms with E-state index in [9.17, 15) is 10.2 Å². The number of rotatable bonds is 9. The molecular weight excluding hydrogens is 328 g/mol. The topological polar surface area (TPSA) is 58.9 Å². The Morgan fingerprint density at radius 2 is 1.08 bits per heavy atom. The molecular formula is C22H30O4. The molecule has 0 aromatic heterocycles. The van der Waals surface area contributed by atoms with Gasteiger partial charge in [0.15, 0.2) is 23.0 Å². The highest BCUT2D eigenvalue weighted by Gasteiger charge is 2.08. The van der Waals surface area contributed by atoms with E-state index in [1.165, 1.54) is 0 Å². The van der Waals surface area contributed by atoms with Crippen molar-refractivity contribution >= 4 is 0 Å². The van der Waals surface area contributed by atoms with Gasteiger partial charge in [-0.1, -0.05) is 12.1 Å². The minimum Gasteiger partial charge on any atom is -0.504 e. The van der Waals surface area contributed by atoms with Crippen LogP contribution >= 0.6 is 0 Å². The van der Waals surface area contributed by atoms with Gasteiger partial charge >= 0.3 is 0 Å². The predicted octanol–water partition coefficient (Wildman–Crippen LogP) is 5.24. The van der Waals surface area contributed by atoms with Gasteiger partial charge in [0.1, 0.15) is 0 Å². The van der Waals surface area contributed by atoms with Crippen molar-refractivity contribution in [1.82, 2.24) is 0 Å². The Morgan fingerprint density at radius 1 is 0.692 bits per heavy atom. The zero-order valence-electron chi connectivity index (χ0n) is 16.2. The number of aryl methyl sites for hydroxylation is 2. The third-order valence-corrected chi connectivity index (χ3v) is 3.95. The first-order chi connectivity index (χ1) is 12.3. The molecule has 4 heteroatoms. The summed E-state index contributed by atoms with van der Waals surface area (Å²) in [6.45, 7) is 7.78. The van der Waals surface area contributed by atoms with E-state index >= 15 is 0 Å². The summed E-state index contributed by atoms with van der Waals surface area (Å²) in [6.07, 6.45) is 4.01. The standard InChI is InChI=1S/C22H30O4/c1-15(2)25-21-13-17(9-11-19(21)23)7-5-6-8-18-10-12-20(24)22(14-18)26-16(3)4/h9-16,23-24H,5-8H2,1-4H3. The number of benzene rings is 2.